The number of ether oxygens (including phenoxy) is 2. The molecule has 0 aliphatic carbocycles. The van der Waals surface area contributed by atoms with Crippen LogP contribution in [0.3, 0.4) is 0 Å². The zero-order chi connectivity index (χ0) is 21.5. The first-order chi connectivity index (χ1) is 13.6. The number of amides is 1. The lowest BCUT2D eigenvalue weighted by Crippen LogP contribution is -2.63. The van der Waals surface area contributed by atoms with Crippen LogP contribution in [-0.2, 0) is 20.8 Å². The van der Waals surface area contributed by atoms with Gasteiger partial charge in [0.15, 0.2) is 5.66 Å². The fraction of sp³-hybridized carbons (Fsp3) is 0.667. The molecule has 8 heteroatoms. The predicted molar refractivity (Wildman–Crippen MR) is 111 cm³/mol. The maximum atomic E-state index is 12.7. The number of hydrogen-bond donors (Lipinski definition) is 2. The van der Waals surface area contributed by atoms with Crippen molar-refractivity contribution in [3.63, 3.8) is 0 Å². The van der Waals surface area contributed by atoms with Crippen molar-refractivity contribution >= 4 is 17.9 Å². The number of aromatic nitrogens is 1. The summed E-state index contributed by atoms with van der Waals surface area (Å²) in [5, 5.41) is 2.64. The van der Waals surface area contributed by atoms with Gasteiger partial charge in [0.1, 0.15) is 11.4 Å². The Morgan fingerprint density at radius 2 is 2.07 bits per heavy atom. The van der Waals surface area contributed by atoms with E-state index >= 15 is 0 Å². The molecule has 0 spiro atoms. The van der Waals surface area contributed by atoms with Crippen LogP contribution in [-0.4, -0.2) is 46.4 Å². The number of nitrogens with one attached hydrogen (secondary N) is 1. The molecule has 1 aliphatic rings. The second-order valence-corrected chi connectivity index (χ2v) is 8.43. The van der Waals surface area contributed by atoms with E-state index in [2.05, 4.69) is 10.3 Å². The molecule has 3 N–H and O–H groups in total. The highest BCUT2D eigenvalue weighted by molar-refractivity contribution is 5.83. The molecule has 2 heterocycles. The van der Waals surface area contributed by atoms with Crippen LogP contribution in [0.5, 0.6) is 0 Å². The summed E-state index contributed by atoms with van der Waals surface area (Å²) in [7, 11) is 0. The smallest absolute Gasteiger partial charge is 0.413 e. The molecule has 1 aromatic heterocycles. The fourth-order valence-electron chi connectivity index (χ4n) is 3.18. The molecule has 0 bridgehead atoms. The number of piperidine rings is 1. The molecule has 1 fully saturated rings. The number of carbonyl (C=O) groups excluding carboxylic acids is 2. The van der Waals surface area contributed by atoms with Crippen LogP contribution < -0.4 is 11.1 Å². The van der Waals surface area contributed by atoms with Crippen LogP contribution >= 0.6 is 0 Å². The van der Waals surface area contributed by atoms with Gasteiger partial charge in [0.25, 0.3) is 0 Å². The van der Waals surface area contributed by atoms with Gasteiger partial charge in [-0.05, 0) is 58.6 Å². The van der Waals surface area contributed by atoms with Crippen LogP contribution in [0, 0.1) is 0 Å². The molecular formula is C21H34N4O4. The van der Waals surface area contributed by atoms with E-state index < -0.39 is 17.4 Å². The summed E-state index contributed by atoms with van der Waals surface area (Å²) >= 11 is 0. The lowest BCUT2D eigenvalue weighted by molar-refractivity contribution is -0.161. The maximum absolute atomic E-state index is 12.7. The summed E-state index contributed by atoms with van der Waals surface area (Å²) in [6, 6.07) is 5.34. The minimum Gasteiger partial charge on any atom is -0.463 e. The molecule has 1 aliphatic heterocycles. The minimum absolute atomic E-state index is 0.381. The van der Waals surface area contributed by atoms with Crippen molar-refractivity contribution in [1.29, 1.82) is 0 Å². The Morgan fingerprint density at radius 1 is 1.31 bits per heavy atom. The topological polar surface area (TPSA) is 107 Å². The number of pyridine rings is 1. The van der Waals surface area contributed by atoms with E-state index in [4.69, 9.17) is 15.2 Å². The quantitative estimate of drug-likeness (QED) is 0.528. The summed E-state index contributed by atoms with van der Waals surface area (Å²) in [6.07, 6.45) is 3.60. The summed E-state index contributed by atoms with van der Waals surface area (Å²) in [5.74, 6) is 0.00980. The Hall–Kier alpha value is -2.19. The molecule has 1 amide bonds. The molecule has 1 unspecified atom stereocenters. The molecule has 1 atom stereocenters. The van der Waals surface area contributed by atoms with Crippen molar-refractivity contribution in [2.75, 3.05) is 18.5 Å². The highest BCUT2D eigenvalue weighted by atomic mass is 16.6. The van der Waals surface area contributed by atoms with Gasteiger partial charge in [0.2, 0.25) is 0 Å². The van der Waals surface area contributed by atoms with E-state index in [0.29, 0.717) is 37.6 Å². The third-order valence-electron chi connectivity index (χ3n) is 4.67. The van der Waals surface area contributed by atoms with Crippen molar-refractivity contribution in [2.45, 2.75) is 77.6 Å². The monoisotopic (exact) mass is 406 g/mol. The van der Waals surface area contributed by atoms with E-state index in [1.165, 1.54) is 0 Å². The molecule has 1 aromatic rings. The number of nitrogens with zero attached hydrogens (tertiary/aromatic N) is 2. The van der Waals surface area contributed by atoms with Crippen LogP contribution in [0.4, 0.5) is 10.6 Å². The summed E-state index contributed by atoms with van der Waals surface area (Å²) in [4.78, 5) is 31.0. The summed E-state index contributed by atoms with van der Waals surface area (Å²) < 4.78 is 10.7. The molecule has 2 rings (SSSR count). The number of anilines is 1. The largest absolute Gasteiger partial charge is 0.463 e. The van der Waals surface area contributed by atoms with E-state index in [1.807, 2.05) is 17.9 Å². The van der Waals surface area contributed by atoms with Crippen molar-refractivity contribution in [3.05, 3.63) is 23.9 Å². The van der Waals surface area contributed by atoms with Crippen molar-refractivity contribution in [3.8, 4) is 0 Å². The Kier molecular flexibility index (Phi) is 7.98. The second kappa shape index (κ2) is 10.0. The first kappa shape index (κ1) is 23.1. The zero-order valence-corrected chi connectivity index (χ0v) is 18.0. The van der Waals surface area contributed by atoms with E-state index in [-0.39, 0.29) is 5.97 Å². The van der Waals surface area contributed by atoms with Crippen LogP contribution in [0.2, 0.25) is 0 Å². The SMILES string of the molecule is CCCCOC(=O)C1(N)CCCCN1Cc1cccc(NC(=O)OC(C)(C)C)n1. The van der Waals surface area contributed by atoms with Gasteiger partial charge in [0.05, 0.1) is 12.3 Å². The molecule has 8 nitrogen and oxygen atoms in total. The Bertz CT molecular complexity index is 704. The lowest BCUT2D eigenvalue weighted by Gasteiger charge is -2.42. The Balaban J connectivity index is 2.06. The van der Waals surface area contributed by atoms with Gasteiger partial charge >= 0.3 is 12.1 Å². The van der Waals surface area contributed by atoms with Gasteiger partial charge in [-0.3, -0.25) is 10.2 Å². The van der Waals surface area contributed by atoms with Crippen LogP contribution in [0.1, 0.15) is 65.5 Å². The van der Waals surface area contributed by atoms with E-state index in [0.717, 1.165) is 25.7 Å². The highest BCUT2D eigenvalue weighted by Crippen LogP contribution is 2.27. The van der Waals surface area contributed by atoms with E-state index in [9.17, 15) is 9.59 Å². The average molecular weight is 407 g/mol. The summed E-state index contributed by atoms with van der Waals surface area (Å²) in [5.41, 5.74) is 5.46. The number of unbranched alkanes of at least 4 members (excludes halogenated alkanes) is 1. The van der Waals surface area contributed by atoms with Gasteiger partial charge in [-0.15, -0.1) is 0 Å². The molecule has 0 aromatic carbocycles. The third-order valence-corrected chi connectivity index (χ3v) is 4.67. The Morgan fingerprint density at radius 3 is 2.76 bits per heavy atom. The molecular weight excluding hydrogens is 372 g/mol. The van der Waals surface area contributed by atoms with Gasteiger partial charge in [0, 0.05) is 13.1 Å². The van der Waals surface area contributed by atoms with E-state index in [1.54, 1.807) is 32.9 Å². The number of nitrogens with two attached hydrogens (primary N) is 1. The van der Waals surface area contributed by atoms with Crippen LogP contribution in [0.25, 0.3) is 0 Å². The Labute approximate surface area is 173 Å². The molecule has 0 saturated carbocycles. The molecule has 29 heavy (non-hydrogen) atoms. The zero-order valence-electron chi connectivity index (χ0n) is 18.0. The second-order valence-electron chi connectivity index (χ2n) is 8.43. The first-order valence-electron chi connectivity index (χ1n) is 10.3. The number of rotatable bonds is 7. The lowest BCUT2D eigenvalue weighted by atomic mass is 9.95. The minimum atomic E-state index is -1.15. The van der Waals surface area contributed by atoms with Gasteiger partial charge in [-0.25, -0.2) is 14.6 Å². The molecule has 1 saturated heterocycles. The number of hydrogen-bond acceptors (Lipinski definition) is 7. The fourth-order valence-corrected chi connectivity index (χ4v) is 3.18. The predicted octanol–water partition coefficient (Wildman–Crippen LogP) is 3.41. The third kappa shape index (κ3) is 6.97. The normalized spacial score (nSPS) is 20.2. The standard InChI is InChI=1S/C21H34N4O4/c1-5-6-14-28-18(26)21(22)12-7-8-13-25(21)15-16-10-9-11-17(23-16)24-19(27)29-20(2,3)4/h9-11H,5-8,12-15,22H2,1-4H3,(H,23,24,27). The average Bonchev–Trinajstić information content (AvgIpc) is 2.62. The maximum Gasteiger partial charge on any atom is 0.413 e. The number of esters is 1. The van der Waals surface area contributed by atoms with Gasteiger partial charge in [-0.1, -0.05) is 19.4 Å². The van der Waals surface area contributed by atoms with Crippen LogP contribution in [0.15, 0.2) is 18.2 Å². The molecule has 162 valence electrons. The highest BCUT2D eigenvalue weighted by Gasteiger charge is 2.43. The van der Waals surface area contributed by atoms with Crippen molar-refractivity contribution in [1.82, 2.24) is 9.88 Å². The first-order valence-corrected chi connectivity index (χ1v) is 10.3. The molecule has 0 radical (unpaired) electrons. The van der Waals surface area contributed by atoms with Gasteiger partial charge in [-0.2, -0.15) is 0 Å². The number of likely N-dealkylation sites (tertiary alicyclic amines) is 1. The van der Waals surface area contributed by atoms with Gasteiger partial charge < -0.3 is 15.2 Å². The van der Waals surface area contributed by atoms with Crippen molar-refractivity contribution < 1.29 is 19.1 Å². The summed E-state index contributed by atoms with van der Waals surface area (Å²) in [6.45, 7) is 8.90. The number of carbonyl (C=O) groups is 2. The van der Waals surface area contributed by atoms with Crippen molar-refractivity contribution in [2.24, 2.45) is 5.73 Å².